The summed E-state index contributed by atoms with van der Waals surface area (Å²) in [6.07, 6.45) is 1.68. The predicted molar refractivity (Wildman–Crippen MR) is 147 cm³/mol. The maximum atomic E-state index is 12.4. The fourth-order valence-electron chi connectivity index (χ4n) is 5.49. The van der Waals surface area contributed by atoms with Crippen LogP contribution in [0.25, 0.3) is 10.8 Å². The van der Waals surface area contributed by atoms with Gasteiger partial charge in [0.05, 0.1) is 14.2 Å². The number of carbonyl (C=O) groups is 1. The highest BCUT2D eigenvalue weighted by Gasteiger charge is 2.32. The van der Waals surface area contributed by atoms with Crippen LogP contribution in [0.3, 0.4) is 0 Å². The van der Waals surface area contributed by atoms with Crippen molar-refractivity contribution < 1.29 is 19.0 Å². The van der Waals surface area contributed by atoms with E-state index in [-0.39, 0.29) is 18.1 Å². The quantitative estimate of drug-likeness (QED) is 0.277. The van der Waals surface area contributed by atoms with Gasteiger partial charge in [-0.15, -0.1) is 0 Å². The van der Waals surface area contributed by atoms with E-state index >= 15 is 0 Å². The summed E-state index contributed by atoms with van der Waals surface area (Å²) in [7, 11) is 2.99. The van der Waals surface area contributed by atoms with Crippen molar-refractivity contribution in [3.63, 3.8) is 0 Å². The number of hydrogen-bond donors (Lipinski definition) is 1. The Morgan fingerprint density at radius 3 is 2.51 bits per heavy atom. The smallest absolute Gasteiger partial charge is 0.341 e. The van der Waals surface area contributed by atoms with Gasteiger partial charge in [0, 0.05) is 23.1 Å². The molecule has 1 aliphatic heterocycles. The van der Waals surface area contributed by atoms with Gasteiger partial charge in [0.25, 0.3) is 0 Å². The summed E-state index contributed by atoms with van der Waals surface area (Å²) in [4.78, 5) is 12.4. The van der Waals surface area contributed by atoms with E-state index in [9.17, 15) is 4.79 Å². The molecule has 0 unspecified atom stereocenters. The lowest BCUT2D eigenvalue weighted by Gasteiger charge is -2.33. The van der Waals surface area contributed by atoms with E-state index in [1.807, 2.05) is 30.3 Å². The van der Waals surface area contributed by atoms with Gasteiger partial charge < -0.3 is 19.5 Å². The average Bonchev–Trinajstić information content (AvgIpc) is 2.95. The molecule has 0 amide bonds. The van der Waals surface area contributed by atoms with Crippen LogP contribution in [0.5, 0.6) is 11.5 Å². The Morgan fingerprint density at radius 1 is 0.946 bits per heavy atom. The van der Waals surface area contributed by atoms with Gasteiger partial charge in [-0.3, -0.25) is 0 Å². The maximum Gasteiger partial charge on any atom is 0.341 e. The molecular formula is C32H33NO4. The Hall–Kier alpha value is -3.83. The van der Waals surface area contributed by atoms with E-state index in [0.29, 0.717) is 11.3 Å². The number of benzene rings is 4. The molecule has 5 rings (SSSR count). The normalized spacial score (nSPS) is 17.5. The minimum absolute atomic E-state index is 0.0265. The highest BCUT2D eigenvalue weighted by molar-refractivity contribution is 5.93. The number of para-hydroxylation sites is 2. The van der Waals surface area contributed by atoms with Crippen LogP contribution in [0.1, 0.15) is 58.8 Å². The van der Waals surface area contributed by atoms with Gasteiger partial charge >= 0.3 is 5.97 Å². The van der Waals surface area contributed by atoms with Gasteiger partial charge in [0.1, 0.15) is 23.2 Å². The lowest BCUT2D eigenvalue weighted by atomic mass is 9.82. The highest BCUT2D eigenvalue weighted by atomic mass is 16.5. The van der Waals surface area contributed by atoms with Crippen LogP contribution in [0, 0.1) is 0 Å². The van der Waals surface area contributed by atoms with Crippen molar-refractivity contribution in [1.82, 2.24) is 5.32 Å². The third-order valence-corrected chi connectivity index (χ3v) is 7.32. The SMILES string of the molecule is COC(=O)c1cccc([C@@H]2C[C@H](CCN[C@H](C)c3cccc4ccccc34)Oc3ccccc32)c1OC. The second-order valence-electron chi connectivity index (χ2n) is 9.52. The number of methoxy groups -OCH3 is 2. The van der Waals surface area contributed by atoms with E-state index in [2.05, 4.69) is 60.8 Å². The first-order valence-electron chi connectivity index (χ1n) is 12.8. The summed E-state index contributed by atoms with van der Waals surface area (Å²) in [5, 5.41) is 6.24. The molecule has 3 atom stereocenters. The van der Waals surface area contributed by atoms with E-state index in [0.717, 1.165) is 36.3 Å². The number of hydrogen-bond acceptors (Lipinski definition) is 5. The van der Waals surface area contributed by atoms with Crippen molar-refractivity contribution in [1.29, 1.82) is 0 Å². The number of rotatable bonds is 8. The number of carbonyl (C=O) groups excluding carboxylic acids is 1. The molecule has 0 radical (unpaired) electrons. The summed E-state index contributed by atoms with van der Waals surface area (Å²) >= 11 is 0. The van der Waals surface area contributed by atoms with Crippen LogP contribution in [-0.4, -0.2) is 32.8 Å². The number of ether oxygens (including phenoxy) is 3. The standard InChI is InChI=1S/C32H33NO4/c1-21(24-14-8-11-22-10-4-5-12-25(22)24)33-19-18-23-20-29(26-13-6-7-17-30(26)37-23)27-15-9-16-28(31(27)35-2)32(34)36-3/h4-17,21,23,29,33H,18-20H2,1-3H3/t21-,23+,29-/m1/s1. The molecule has 37 heavy (non-hydrogen) atoms. The molecule has 1 heterocycles. The van der Waals surface area contributed by atoms with Crippen LogP contribution < -0.4 is 14.8 Å². The summed E-state index contributed by atoms with van der Waals surface area (Å²) in [5.41, 5.74) is 3.82. The molecule has 4 aromatic carbocycles. The lowest BCUT2D eigenvalue weighted by Crippen LogP contribution is -2.31. The lowest BCUT2D eigenvalue weighted by molar-refractivity contribution is 0.0596. The van der Waals surface area contributed by atoms with Crippen molar-refractivity contribution in [3.8, 4) is 11.5 Å². The Morgan fingerprint density at radius 2 is 1.68 bits per heavy atom. The zero-order chi connectivity index (χ0) is 25.8. The minimum Gasteiger partial charge on any atom is -0.496 e. The second kappa shape index (κ2) is 11.1. The summed E-state index contributed by atoms with van der Waals surface area (Å²) in [6.45, 7) is 3.04. The molecule has 0 saturated heterocycles. The second-order valence-corrected chi connectivity index (χ2v) is 9.52. The molecule has 0 aromatic heterocycles. The van der Waals surface area contributed by atoms with Crippen LogP contribution in [0.4, 0.5) is 0 Å². The Bertz CT molecular complexity index is 1390. The first kappa shape index (κ1) is 24.8. The number of esters is 1. The molecule has 4 aromatic rings. The topological polar surface area (TPSA) is 56.8 Å². The van der Waals surface area contributed by atoms with E-state index in [4.69, 9.17) is 14.2 Å². The van der Waals surface area contributed by atoms with Crippen molar-refractivity contribution in [2.75, 3.05) is 20.8 Å². The molecule has 0 aliphatic carbocycles. The monoisotopic (exact) mass is 495 g/mol. The van der Waals surface area contributed by atoms with Gasteiger partial charge in [-0.05, 0) is 54.8 Å². The minimum atomic E-state index is -0.401. The Balaban J connectivity index is 1.35. The summed E-state index contributed by atoms with van der Waals surface area (Å²) in [5.74, 6) is 1.10. The molecule has 5 heteroatoms. The Kier molecular flexibility index (Phi) is 7.42. The molecule has 0 fully saturated rings. The number of nitrogens with one attached hydrogen (secondary N) is 1. The number of fused-ring (bicyclic) bond motifs is 2. The third-order valence-electron chi connectivity index (χ3n) is 7.32. The molecule has 0 saturated carbocycles. The van der Waals surface area contributed by atoms with Crippen molar-refractivity contribution in [3.05, 3.63) is 107 Å². The maximum absolute atomic E-state index is 12.4. The fraction of sp³-hybridized carbons (Fsp3) is 0.281. The molecule has 1 aliphatic rings. The van der Waals surface area contributed by atoms with Gasteiger partial charge in [0.15, 0.2) is 0 Å². The van der Waals surface area contributed by atoms with Crippen LogP contribution in [0.15, 0.2) is 84.9 Å². The van der Waals surface area contributed by atoms with E-state index < -0.39 is 5.97 Å². The third kappa shape index (κ3) is 5.05. The predicted octanol–water partition coefficient (Wildman–Crippen LogP) is 6.66. The highest BCUT2D eigenvalue weighted by Crippen LogP contribution is 2.44. The Labute approximate surface area is 218 Å². The van der Waals surface area contributed by atoms with Crippen molar-refractivity contribution in [2.24, 2.45) is 0 Å². The van der Waals surface area contributed by atoms with Crippen LogP contribution in [0.2, 0.25) is 0 Å². The van der Waals surface area contributed by atoms with Crippen LogP contribution >= 0.6 is 0 Å². The first-order valence-corrected chi connectivity index (χ1v) is 12.8. The first-order chi connectivity index (χ1) is 18.1. The fourth-order valence-corrected chi connectivity index (χ4v) is 5.49. The summed E-state index contributed by atoms with van der Waals surface area (Å²) < 4.78 is 17.2. The zero-order valence-corrected chi connectivity index (χ0v) is 21.6. The molecule has 0 bridgehead atoms. The van der Waals surface area contributed by atoms with E-state index in [1.165, 1.54) is 23.4 Å². The van der Waals surface area contributed by atoms with Gasteiger partial charge in [-0.25, -0.2) is 4.79 Å². The van der Waals surface area contributed by atoms with Crippen molar-refractivity contribution >= 4 is 16.7 Å². The average molecular weight is 496 g/mol. The molecule has 5 nitrogen and oxygen atoms in total. The van der Waals surface area contributed by atoms with Gasteiger partial charge in [-0.2, -0.15) is 0 Å². The molecule has 0 spiro atoms. The van der Waals surface area contributed by atoms with E-state index in [1.54, 1.807) is 13.2 Å². The van der Waals surface area contributed by atoms with Crippen LogP contribution in [-0.2, 0) is 4.74 Å². The van der Waals surface area contributed by atoms with Gasteiger partial charge in [0.2, 0.25) is 0 Å². The summed E-state index contributed by atoms with van der Waals surface area (Å²) in [6, 6.07) is 29.0. The van der Waals surface area contributed by atoms with Gasteiger partial charge in [-0.1, -0.05) is 72.8 Å². The zero-order valence-electron chi connectivity index (χ0n) is 21.6. The largest absolute Gasteiger partial charge is 0.496 e. The molecule has 190 valence electrons. The van der Waals surface area contributed by atoms with Crippen molar-refractivity contribution in [2.45, 2.75) is 37.8 Å². The molecule has 1 N–H and O–H groups in total. The molecular weight excluding hydrogens is 462 g/mol.